The first-order valence-corrected chi connectivity index (χ1v) is 8.83. The molecule has 0 spiro atoms. The highest BCUT2D eigenvalue weighted by atomic mass is 32.2. The number of benzene rings is 2. The van der Waals surface area contributed by atoms with Crippen molar-refractivity contribution in [2.45, 2.75) is 4.90 Å². The van der Waals surface area contributed by atoms with E-state index in [1.807, 2.05) is 0 Å². The van der Waals surface area contributed by atoms with Gasteiger partial charge in [-0.2, -0.15) is 0 Å². The Morgan fingerprint density at radius 1 is 1.08 bits per heavy atom. The summed E-state index contributed by atoms with van der Waals surface area (Å²) in [6.07, 6.45) is 0. The summed E-state index contributed by atoms with van der Waals surface area (Å²) in [4.78, 5) is 13.3. The van der Waals surface area contributed by atoms with E-state index < -0.39 is 15.8 Å². The van der Waals surface area contributed by atoms with Crippen LogP contribution in [0.5, 0.6) is 0 Å². The van der Waals surface area contributed by atoms with Crippen molar-refractivity contribution in [2.24, 2.45) is 0 Å². The minimum Gasteiger partial charge on any atom is -0.359 e. The molecule has 1 aliphatic rings. The minimum atomic E-state index is -3.85. The number of rotatable bonds is 4. The van der Waals surface area contributed by atoms with Crippen molar-refractivity contribution >= 4 is 27.3 Å². The lowest BCUT2D eigenvalue weighted by atomic mass is 10.2. The van der Waals surface area contributed by atoms with Crippen molar-refractivity contribution in [3.63, 3.8) is 0 Å². The number of para-hydroxylation sites is 2. The van der Waals surface area contributed by atoms with Crippen LogP contribution in [0.3, 0.4) is 0 Å². The Labute approximate surface area is 139 Å². The van der Waals surface area contributed by atoms with Gasteiger partial charge in [-0.3, -0.25) is 9.52 Å². The Morgan fingerprint density at radius 3 is 2.50 bits per heavy atom. The van der Waals surface area contributed by atoms with Crippen molar-refractivity contribution in [3.8, 4) is 0 Å². The summed E-state index contributed by atoms with van der Waals surface area (Å²) in [5.41, 5.74) is 0.995. The number of anilines is 2. The molecule has 1 amide bonds. The van der Waals surface area contributed by atoms with E-state index in [2.05, 4.69) is 10.0 Å². The van der Waals surface area contributed by atoms with Crippen molar-refractivity contribution in [2.75, 3.05) is 29.3 Å². The number of sulfonamides is 1. The maximum atomic E-state index is 13.0. The van der Waals surface area contributed by atoms with Gasteiger partial charge in [0.15, 0.2) is 0 Å². The molecule has 1 aliphatic heterocycles. The average Bonchev–Trinajstić information content (AvgIpc) is 2.55. The minimum absolute atomic E-state index is 0.0323. The van der Waals surface area contributed by atoms with Crippen LogP contribution in [-0.2, 0) is 14.8 Å². The fourth-order valence-electron chi connectivity index (χ4n) is 2.50. The summed E-state index contributed by atoms with van der Waals surface area (Å²) in [5.74, 6) is -0.619. The molecule has 0 aliphatic carbocycles. The molecule has 8 heteroatoms. The van der Waals surface area contributed by atoms with Crippen LogP contribution in [0.15, 0.2) is 53.4 Å². The second-order valence-corrected chi connectivity index (χ2v) is 7.03. The molecule has 2 aromatic carbocycles. The van der Waals surface area contributed by atoms with E-state index in [1.54, 1.807) is 29.2 Å². The average molecular weight is 349 g/mol. The zero-order valence-electron chi connectivity index (χ0n) is 12.7. The van der Waals surface area contributed by atoms with E-state index in [0.717, 1.165) is 12.1 Å². The van der Waals surface area contributed by atoms with Crippen LogP contribution in [0.25, 0.3) is 0 Å². The quantitative estimate of drug-likeness (QED) is 0.878. The first-order valence-electron chi connectivity index (χ1n) is 7.35. The summed E-state index contributed by atoms with van der Waals surface area (Å²) in [6.45, 7) is 1.24. The molecule has 0 radical (unpaired) electrons. The topological polar surface area (TPSA) is 78.5 Å². The number of amides is 1. The van der Waals surface area contributed by atoms with Gasteiger partial charge < -0.3 is 10.2 Å². The highest BCUT2D eigenvalue weighted by Gasteiger charge is 2.21. The van der Waals surface area contributed by atoms with Crippen LogP contribution in [0.1, 0.15) is 0 Å². The first kappa shape index (κ1) is 16.3. The van der Waals surface area contributed by atoms with E-state index in [1.165, 1.54) is 12.1 Å². The molecule has 24 heavy (non-hydrogen) atoms. The second-order valence-electron chi connectivity index (χ2n) is 5.35. The molecule has 0 bridgehead atoms. The lowest BCUT2D eigenvalue weighted by molar-refractivity contribution is -0.120. The van der Waals surface area contributed by atoms with E-state index >= 15 is 0 Å². The normalized spacial score (nSPS) is 15.0. The van der Waals surface area contributed by atoms with Crippen LogP contribution in [-0.4, -0.2) is 34.0 Å². The highest BCUT2D eigenvalue weighted by Crippen LogP contribution is 2.28. The molecule has 0 saturated carbocycles. The summed E-state index contributed by atoms with van der Waals surface area (Å²) in [7, 11) is -3.85. The maximum Gasteiger partial charge on any atom is 0.261 e. The van der Waals surface area contributed by atoms with Crippen LogP contribution in [0.2, 0.25) is 0 Å². The first-order chi connectivity index (χ1) is 11.5. The van der Waals surface area contributed by atoms with E-state index in [4.69, 9.17) is 0 Å². The van der Waals surface area contributed by atoms with E-state index in [9.17, 15) is 17.6 Å². The molecular formula is C16H16FN3O3S. The van der Waals surface area contributed by atoms with Gasteiger partial charge in [-0.15, -0.1) is 0 Å². The number of halogens is 1. The predicted molar refractivity (Wildman–Crippen MR) is 88.9 cm³/mol. The van der Waals surface area contributed by atoms with Gasteiger partial charge in [0, 0.05) is 13.1 Å². The van der Waals surface area contributed by atoms with E-state index in [-0.39, 0.29) is 17.3 Å². The lowest BCUT2D eigenvalue weighted by Gasteiger charge is -2.30. The van der Waals surface area contributed by atoms with Gasteiger partial charge in [0.25, 0.3) is 10.0 Å². The van der Waals surface area contributed by atoms with Crippen LogP contribution in [0.4, 0.5) is 15.8 Å². The number of carbonyl (C=O) groups is 1. The standard InChI is InChI=1S/C16H16FN3O3S/c17-12-5-7-13(8-6-12)24(22,23)19-14-3-1-2-4-15(14)20-10-9-18-16(21)11-20/h1-8,19H,9-11H2,(H,18,21). The largest absolute Gasteiger partial charge is 0.359 e. The summed E-state index contributed by atoms with van der Waals surface area (Å²) >= 11 is 0. The highest BCUT2D eigenvalue weighted by molar-refractivity contribution is 7.92. The van der Waals surface area contributed by atoms with Crippen LogP contribution >= 0.6 is 0 Å². The molecule has 6 nitrogen and oxygen atoms in total. The van der Waals surface area contributed by atoms with Crippen LogP contribution in [0, 0.1) is 5.82 Å². The second kappa shape index (κ2) is 6.48. The third kappa shape index (κ3) is 3.48. The third-order valence-corrected chi connectivity index (χ3v) is 5.03. The SMILES string of the molecule is O=C1CN(c2ccccc2NS(=O)(=O)c2ccc(F)cc2)CCN1. The summed E-state index contributed by atoms with van der Waals surface area (Å²) in [5, 5.41) is 2.73. The van der Waals surface area contributed by atoms with Gasteiger partial charge in [0.2, 0.25) is 5.91 Å². The zero-order valence-corrected chi connectivity index (χ0v) is 13.5. The fourth-order valence-corrected chi connectivity index (χ4v) is 3.57. The maximum absolute atomic E-state index is 13.0. The third-order valence-electron chi connectivity index (χ3n) is 3.65. The summed E-state index contributed by atoms with van der Waals surface area (Å²) < 4.78 is 40.5. The Balaban J connectivity index is 1.90. The molecule has 2 N–H and O–H groups in total. The monoisotopic (exact) mass is 349 g/mol. The number of piperazine rings is 1. The van der Waals surface area contributed by atoms with Gasteiger partial charge in [0.1, 0.15) is 5.82 Å². The number of nitrogens with one attached hydrogen (secondary N) is 2. The molecule has 2 aromatic rings. The Kier molecular flexibility index (Phi) is 4.39. The molecule has 1 fully saturated rings. The van der Waals surface area contributed by atoms with Gasteiger partial charge in [0.05, 0.1) is 22.8 Å². The Morgan fingerprint density at radius 2 is 1.79 bits per heavy atom. The molecular weight excluding hydrogens is 333 g/mol. The molecule has 0 atom stereocenters. The van der Waals surface area contributed by atoms with Crippen LogP contribution < -0.4 is 14.9 Å². The number of carbonyl (C=O) groups excluding carboxylic acids is 1. The molecule has 1 heterocycles. The zero-order chi connectivity index (χ0) is 17.2. The molecule has 1 saturated heterocycles. The Hall–Kier alpha value is -2.61. The van der Waals surface area contributed by atoms with Crippen molar-refractivity contribution in [1.82, 2.24) is 5.32 Å². The smallest absolute Gasteiger partial charge is 0.261 e. The van der Waals surface area contributed by atoms with Gasteiger partial charge in [-0.05, 0) is 36.4 Å². The number of hydrogen-bond acceptors (Lipinski definition) is 4. The van der Waals surface area contributed by atoms with Gasteiger partial charge in [-0.1, -0.05) is 12.1 Å². The number of hydrogen-bond donors (Lipinski definition) is 2. The number of nitrogens with zero attached hydrogens (tertiary/aromatic N) is 1. The predicted octanol–water partition coefficient (Wildman–Crippen LogP) is 1.56. The Bertz CT molecular complexity index is 853. The lowest BCUT2D eigenvalue weighted by Crippen LogP contribution is -2.47. The van der Waals surface area contributed by atoms with Crippen molar-refractivity contribution in [1.29, 1.82) is 0 Å². The van der Waals surface area contributed by atoms with Crippen molar-refractivity contribution in [3.05, 3.63) is 54.3 Å². The van der Waals surface area contributed by atoms with Gasteiger partial charge >= 0.3 is 0 Å². The summed E-state index contributed by atoms with van der Waals surface area (Å²) in [6, 6.07) is 11.5. The molecule has 3 rings (SSSR count). The fraction of sp³-hybridized carbons (Fsp3) is 0.188. The van der Waals surface area contributed by atoms with Gasteiger partial charge in [-0.25, -0.2) is 12.8 Å². The molecule has 126 valence electrons. The van der Waals surface area contributed by atoms with E-state index in [0.29, 0.717) is 24.5 Å². The molecule has 0 unspecified atom stereocenters. The van der Waals surface area contributed by atoms with Crippen molar-refractivity contribution < 1.29 is 17.6 Å². The molecule has 0 aromatic heterocycles.